The van der Waals surface area contributed by atoms with E-state index in [0.29, 0.717) is 35.1 Å². The van der Waals surface area contributed by atoms with Crippen molar-refractivity contribution in [3.63, 3.8) is 0 Å². The van der Waals surface area contributed by atoms with Crippen molar-refractivity contribution >= 4 is 38.9 Å². The third-order valence-corrected chi connectivity index (χ3v) is 7.91. The zero-order valence-corrected chi connectivity index (χ0v) is 17.6. The van der Waals surface area contributed by atoms with Gasteiger partial charge in [0.2, 0.25) is 15.9 Å². The van der Waals surface area contributed by atoms with Crippen LogP contribution >= 0.6 is 11.6 Å². The van der Waals surface area contributed by atoms with Gasteiger partial charge in [-0.05, 0) is 74.7 Å². The molecule has 2 aromatic rings. The molecule has 8 heteroatoms. The third kappa shape index (κ3) is 3.56. The summed E-state index contributed by atoms with van der Waals surface area (Å²) in [4.78, 5) is 13.1. The highest BCUT2D eigenvalue weighted by Crippen LogP contribution is 2.37. The molecule has 1 unspecified atom stereocenters. The van der Waals surface area contributed by atoms with Crippen molar-refractivity contribution in [1.82, 2.24) is 0 Å². The molecule has 1 saturated heterocycles. The number of carbonyl (C=O) groups is 1. The number of carbonyl (C=O) groups excluding carboxylic acids is 1. The molecule has 0 saturated carbocycles. The van der Waals surface area contributed by atoms with E-state index in [4.69, 9.17) is 16.3 Å². The van der Waals surface area contributed by atoms with E-state index in [1.54, 1.807) is 49.6 Å². The summed E-state index contributed by atoms with van der Waals surface area (Å²) >= 11 is 5.91. The van der Waals surface area contributed by atoms with Crippen molar-refractivity contribution in [2.75, 3.05) is 23.3 Å². The van der Waals surface area contributed by atoms with Gasteiger partial charge < -0.3 is 10.1 Å². The molecule has 1 fully saturated rings. The smallest absolute Gasteiger partial charge is 0.249 e. The van der Waals surface area contributed by atoms with E-state index in [1.807, 2.05) is 6.92 Å². The molecule has 1 atom stereocenters. The molecule has 1 aliphatic heterocycles. The standard InChI is InChI=1S/C20H23ClN2O4S/c1-14-13-17(27-3)9-10-18(14)22-19(24)20(2)11-4-12-23(28(20,25)26)16-7-5-15(21)6-8-16/h5-10,13H,4,11-12H2,1-3H3,(H,22,24). The zero-order valence-electron chi connectivity index (χ0n) is 16.0. The largest absolute Gasteiger partial charge is 0.497 e. The van der Waals surface area contributed by atoms with Crippen molar-refractivity contribution in [3.8, 4) is 5.75 Å². The summed E-state index contributed by atoms with van der Waals surface area (Å²) in [6, 6.07) is 11.8. The van der Waals surface area contributed by atoms with Crippen LogP contribution in [0.25, 0.3) is 0 Å². The summed E-state index contributed by atoms with van der Waals surface area (Å²) in [5.41, 5.74) is 1.86. The highest BCUT2D eigenvalue weighted by Gasteiger charge is 2.52. The summed E-state index contributed by atoms with van der Waals surface area (Å²) in [6.45, 7) is 3.64. The quantitative estimate of drug-likeness (QED) is 0.808. The number of methoxy groups -OCH3 is 1. The van der Waals surface area contributed by atoms with Crippen molar-refractivity contribution in [2.24, 2.45) is 0 Å². The lowest BCUT2D eigenvalue weighted by Gasteiger charge is -2.39. The Morgan fingerprint density at radius 1 is 1.21 bits per heavy atom. The predicted octanol–water partition coefficient (Wildman–Crippen LogP) is 3.98. The van der Waals surface area contributed by atoms with Crippen LogP contribution in [-0.4, -0.2) is 32.7 Å². The van der Waals surface area contributed by atoms with Crippen LogP contribution in [0.2, 0.25) is 5.02 Å². The minimum absolute atomic E-state index is 0.250. The molecule has 3 rings (SSSR count). The molecule has 1 aliphatic rings. The van der Waals surface area contributed by atoms with Gasteiger partial charge in [0.1, 0.15) is 5.75 Å². The molecular weight excluding hydrogens is 400 g/mol. The van der Waals surface area contributed by atoms with Crippen LogP contribution in [0.3, 0.4) is 0 Å². The van der Waals surface area contributed by atoms with Gasteiger partial charge >= 0.3 is 0 Å². The molecule has 28 heavy (non-hydrogen) atoms. The Labute approximate surface area is 170 Å². The number of sulfonamides is 1. The summed E-state index contributed by atoms with van der Waals surface area (Å²) in [5, 5.41) is 3.31. The number of hydrogen-bond donors (Lipinski definition) is 1. The third-order valence-electron chi connectivity index (χ3n) is 5.15. The molecule has 1 N–H and O–H groups in total. The average Bonchev–Trinajstić information content (AvgIpc) is 2.66. The van der Waals surface area contributed by atoms with E-state index in [1.165, 1.54) is 11.2 Å². The summed E-state index contributed by atoms with van der Waals surface area (Å²) in [6.07, 6.45) is 0.827. The van der Waals surface area contributed by atoms with Gasteiger partial charge in [0, 0.05) is 17.3 Å². The molecule has 0 aromatic heterocycles. The molecule has 6 nitrogen and oxygen atoms in total. The fraction of sp³-hybridized carbons (Fsp3) is 0.350. The van der Waals surface area contributed by atoms with Gasteiger partial charge in [0.25, 0.3) is 0 Å². The fourth-order valence-corrected chi connectivity index (χ4v) is 5.38. The number of nitrogens with zero attached hydrogens (tertiary/aromatic N) is 1. The lowest BCUT2D eigenvalue weighted by atomic mass is 10.0. The number of aryl methyl sites for hydroxylation is 1. The second-order valence-electron chi connectivity index (χ2n) is 7.02. The van der Waals surface area contributed by atoms with Crippen LogP contribution in [0.4, 0.5) is 11.4 Å². The Bertz CT molecular complexity index is 992. The van der Waals surface area contributed by atoms with Crippen LogP contribution in [-0.2, 0) is 14.8 Å². The second-order valence-corrected chi connectivity index (χ2v) is 9.75. The van der Waals surface area contributed by atoms with Gasteiger partial charge in [-0.1, -0.05) is 11.6 Å². The van der Waals surface area contributed by atoms with Crippen molar-refractivity contribution in [1.29, 1.82) is 0 Å². The van der Waals surface area contributed by atoms with Gasteiger partial charge in [-0.3, -0.25) is 9.10 Å². The molecule has 1 amide bonds. The minimum Gasteiger partial charge on any atom is -0.497 e. The van der Waals surface area contributed by atoms with Crippen molar-refractivity contribution in [3.05, 3.63) is 53.1 Å². The SMILES string of the molecule is COc1ccc(NC(=O)C2(C)CCCN(c3ccc(Cl)cc3)S2(=O)=O)c(C)c1. The summed E-state index contributed by atoms with van der Waals surface area (Å²) in [5.74, 6) is 0.125. The number of benzene rings is 2. The number of rotatable bonds is 4. The Hall–Kier alpha value is -2.25. The van der Waals surface area contributed by atoms with Crippen molar-refractivity contribution < 1.29 is 17.9 Å². The lowest BCUT2D eigenvalue weighted by molar-refractivity contribution is -0.118. The normalized spacial score (nSPS) is 21.2. The molecule has 1 heterocycles. The minimum atomic E-state index is -3.92. The van der Waals surface area contributed by atoms with Gasteiger partial charge in [-0.2, -0.15) is 0 Å². The highest BCUT2D eigenvalue weighted by atomic mass is 35.5. The lowest BCUT2D eigenvalue weighted by Crippen LogP contribution is -2.57. The fourth-order valence-electron chi connectivity index (χ4n) is 3.32. The van der Waals surface area contributed by atoms with E-state index in [9.17, 15) is 13.2 Å². The van der Waals surface area contributed by atoms with E-state index < -0.39 is 20.7 Å². The van der Waals surface area contributed by atoms with Gasteiger partial charge in [0.05, 0.1) is 12.8 Å². The van der Waals surface area contributed by atoms with Crippen molar-refractivity contribution in [2.45, 2.75) is 31.4 Å². The summed E-state index contributed by atoms with van der Waals surface area (Å²) < 4.78 is 31.6. The monoisotopic (exact) mass is 422 g/mol. The Balaban J connectivity index is 1.91. The average molecular weight is 423 g/mol. The number of ether oxygens (including phenoxy) is 1. The molecule has 0 bridgehead atoms. The molecular formula is C20H23ClN2O4S. The van der Waals surface area contributed by atoms with E-state index >= 15 is 0 Å². The molecule has 0 radical (unpaired) electrons. The Morgan fingerprint density at radius 3 is 2.50 bits per heavy atom. The van der Waals surface area contributed by atoms with Gasteiger partial charge in [-0.15, -0.1) is 0 Å². The first-order chi connectivity index (χ1) is 13.2. The van der Waals surface area contributed by atoms with Gasteiger partial charge in [-0.25, -0.2) is 8.42 Å². The number of amides is 1. The first-order valence-corrected chi connectivity index (χ1v) is 10.7. The molecule has 0 spiro atoms. The number of anilines is 2. The second kappa shape index (κ2) is 7.64. The van der Waals surface area contributed by atoms with Crippen LogP contribution in [0.1, 0.15) is 25.3 Å². The van der Waals surface area contributed by atoms with Crippen LogP contribution in [0, 0.1) is 6.92 Å². The Morgan fingerprint density at radius 2 is 1.89 bits per heavy atom. The topological polar surface area (TPSA) is 75.7 Å². The van der Waals surface area contributed by atoms with Crippen LogP contribution in [0.5, 0.6) is 5.75 Å². The maximum atomic E-state index is 13.3. The first kappa shape index (κ1) is 20.5. The molecule has 150 valence electrons. The van der Waals surface area contributed by atoms with E-state index in [-0.39, 0.29) is 6.42 Å². The van der Waals surface area contributed by atoms with E-state index in [2.05, 4.69) is 5.32 Å². The number of halogens is 1. The molecule has 0 aliphatic carbocycles. The maximum absolute atomic E-state index is 13.3. The number of hydrogen-bond acceptors (Lipinski definition) is 4. The molecule has 2 aromatic carbocycles. The van der Waals surface area contributed by atoms with Crippen LogP contribution < -0.4 is 14.4 Å². The zero-order chi connectivity index (χ0) is 20.5. The maximum Gasteiger partial charge on any atom is 0.249 e. The highest BCUT2D eigenvalue weighted by molar-refractivity contribution is 7.95. The van der Waals surface area contributed by atoms with Gasteiger partial charge in [0.15, 0.2) is 4.75 Å². The predicted molar refractivity (Wildman–Crippen MR) is 112 cm³/mol. The summed E-state index contributed by atoms with van der Waals surface area (Å²) in [7, 11) is -2.36. The van der Waals surface area contributed by atoms with E-state index in [0.717, 1.165) is 5.56 Å². The first-order valence-electron chi connectivity index (χ1n) is 8.93. The number of nitrogens with one attached hydrogen (secondary N) is 1. The van der Waals surface area contributed by atoms with Crippen LogP contribution in [0.15, 0.2) is 42.5 Å². The Kier molecular flexibility index (Phi) is 5.59.